The van der Waals surface area contributed by atoms with Gasteiger partial charge in [-0.15, -0.1) is 5.10 Å². The first-order valence-corrected chi connectivity index (χ1v) is 11.6. The molecule has 0 saturated carbocycles. The molecule has 12 heteroatoms. The molecule has 2 aromatic rings. The number of hydrogen-bond donors (Lipinski definition) is 2. The molecule has 1 aromatic heterocycles. The molecule has 1 aliphatic heterocycles. The average molecular weight is 481 g/mol. The van der Waals surface area contributed by atoms with E-state index in [1.807, 2.05) is 13.8 Å². The summed E-state index contributed by atoms with van der Waals surface area (Å²) in [6, 6.07) is 6.61. The van der Waals surface area contributed by atoms with Gasteiger partial charge in [0.05, 0.1) is 31.0 Å². The van der Waals surface area contributed by atoms with Crippen LogP contribution in [0.3, 0.4) is 0 Å². The van der Waals surface area contributed by atoms with Gasteiger partial charge in [-0.05, 0) is 25.0 Å². The molecule has 1 aromatic carbocycles. The lowest BCUT2D eigenvalue weighted by atomic mass is 10.0. The summed E-state index contributed by atoms with van der Waals surface area (Å²) in [5.74, 6) is -0.814. The van der Waals surface area contributed by atoms with Crippen molar-refractivity contribution in [3.63, 3.8) is 0 Å². The number of nitrogens with zero attached hydrogens (tertiary/aromatic N) is 4. The Morgan fingerprint density at radius 2 is 2.06 bits per heavy atom. The van der Waals surface area contributed by atoms with Crippen molar-refractivity contribution in [1.82, 2.24) is 14.5 Å². The Balaban J connectivity index is 1.92. The zero-order chi connectivity index (χ0) is 24.4. The highest BCUT2D eigenvalue weighted by Gasteiger charge is 2.51. The van der Waals surface area contributed by atoms with Gasteiger partial charge in [-0.3, -0.25) is 0 Å². The third-order valence-electron chi connectivity index (χ3n) is 5.07. The minimum atomic E-state index is -4.15. The molecule has 0 unspecified atom stereocenters. The minimum absolute atomic E-state index is 0.0626. The summed E-state index contributed by atoms with van der Waals surface area (Å²) in [5.41, 5.74) is -1.71. The van der Waals surface area contributed by atoms with Crippen molar-refractivity contribution in [2.45, 2.75) is 37.5 Å². The van der Waals surface area contributed by atoms with Crippen molar-refractivity contribution in [1.29, 1.82) is 5.26 Å². The molecule has 33 heavy (non-hydrogen) atoms. The van der Waals surface area contributed by atoms with Crippen molar-refractivity contribution >= 4 is 10.0 Å². The molecule has 0 radical (unpaired) electrons. The third-order valence-corrected chi connectivity index (χ3v) is 6.77. The van der Waals surface area contributed by atoms with Gasteiger partial charge in [-0.25, -0.2) is 12.8 Å². The molecular weight excluding hydrogens is 455 g/mol. The van der Waals surface area contributed by atoms with E-state index in [-0.39, 0.29) is 41.2 Å². The predicted octanol–water partition coefficient (Wildman–Crippen LogP) is 1.01. The van der Waals surface area contributed by atoms with Gasteiger partial charge in [0.1, 0.15) is 23.6 Å². The summed E-state index contributed by atoms with van der Waals surface area (Å²) in [7, 11) is -4.15. The van der Waals surface area contributed by atoms with Crippen LogP contribution in [0.4, 0.5) is 4.39 Å². The van der Waals surface area contributed by atoms with Crippen LogP contribution in [0.25, 0.3) is 0 Å². The van der Waals surface area contributed by atoms with E-state index in [1.54, 1.807) is 13.0 Å². The smallest absolute Gasteiger partial charge is 0.262 e. The lowest BCUT2D eigenvalue weighted by Crippen LogP contribution is -2.48. The van der Waals surface area contributed by atoms with E-state index >= 15 is 0 Å². The van der Waals surface area contributed by atoms with Gasteiger partial charge < -0.3 is 19.7 Å². The summed E-state index contributed by atoms with van der Waals surface area (Å²) in [6.45, 7) is 4.05. The van der Waals surface area contributed by atoms with Gasteiger partial charge in [0, 0.05) is 18.7 Å². The number of aromatic nitrogens is 2. The van der Waals surface area contributed by atoms with Crippen LogP contribution in [0.15, 0.2) is 29.3 Å². The SMILES string of the molecule is Cc1ccc(S(=O)(=O)N2C[C@H](Oc3cc(F)c(C#N)cc3OCC(C)C)[C@](O)(CO)C2)nn1. The number of aliphatic hydroxyl groups is 2. The standard InChI is InChI=1S/C21H25FN4O6S/c1-13(2)10-31-17-6-15(8-23)16(22)7-18(17)32-19-9-26(11-21(19,28)12-27)33(29,30)20-5-4-14(3)24-25-20/h4-7,13,19,27-28H,9-12H2,1-3H3/t19-,21+/m0/s1. The fraction of sp³-hybridized carbons (Fsp3) is 0.476. The van der Waals surface area contributed by atoms with Gasteiger partial charge in [-0.2, -0.15) is 14.7 Å². The van der Waals surface area contributed by atoms with Crippen LogP contribution < -0.4 is 9.47 Å². The molecule has 0 spiro atoms. The molecule has 2 N–H and O–H groups in total. The van der Waals surface area contributed by atoms with E-state index in [0.29, 0.717) is 5.69 Å². The van der Waals surface area contributed by atoms with Crippen LogP contribution in [-0.4, -0.2) is 71.1 Å². The van der Waals surface area contributed by atoms with Gasteiger partial charge in [0.15, 0.2) is 16.5 Å². The molecule has 0 bridgehead atoms. The summed E-state index contributed by atoms with van der Waals surface area (Å²) in [6.07, 6.45) is -1.26. The second kappa shape index (κ2) is 9.56. The fourth-order valence-corrected chi connectivity index (χ4v) is 4.57. The van der Waals surface area contributed by atoms with Gasteiger partial charge in [0.25, 0.3) is 10.0 Å². The highest BCUT2D eigenvalue weighted by atomic mass is 32.2. The molecular formula is C21H25FN4O6S. The molecule has 1 fully saturated rings. The van der Waals surface area contributed by atoms with Gasteiger partial charge in [0.2, 0.25) is 0 Å². The van der Waals surface area contributed by atoms with Crippen LogP contribution in [0, 0.1) is 30.0 Å². The van der Waals surface area contributed by atoms with Crippen LogP contribution in [0.1, 0.15) is 25.1 Å². The molecule has 0 amide bonds. The molecule has 2 heterocycles. The van der Waals surface area contributed by atoms with Crippen molar-refractivity contribution in [2.75, 3.05) is 26.3 Å². The fourth-order valence-electron chi connectivity index (χ4n) is 3.20. The Labute approximate surface area is 191 Å². The van der Waals surface area contributed by atoms with Crippen molar-refractivity contribution in [3.05, 3.63) is 41.3 Å². The lowest BCUT2D eigenvalue weighted by Gasteiger charge is -2.28. The number of ether oxygens (including phenoxy) is 2. The summed E-state index contributed by atoms with van der Waals surface area (Å²) in [4.78, 5) is 0. The summed E-state index contributed by atoms with van der Waals surface area (Å²) < 4.78 is 52.6. The molecule has 3 rings (SSSR count). The summed E-state index contributed by atoms with van der Waals surface area (Å²) in [5, 5.41) is 37.0. The van der Waals surface area contributed by atoms with Crippen LogP contribution in [0.5, 0.6) is 11.5 Å². The molecule has 2 atom stereocenters. The first-order valence-electron chi connectivity index (χ1n) is 10.2. The van der Waals surface area contributed by atoms with Crippen molar-refractivity contribution < 1.29 is 32.5 Å². The van der Waals surface area contributed by atoms with E-state index in [4.69, 9.17) is 14.7 Å². The van der Waals surface area contributed by atoms with E-state index in [1.165, 1.54) is 18.2 Å². The maximum Gasteiger partial charge on any atom is 0.262 e. The highest BCUT2D eigenvalue weighted by molar-refractivity contribution is 7.89. The quantitative estimate of drug-likeness (QED) is 0.565. The van der Waals surface area contributed by atoms with E-state index < -0.39 is 40.7 Å². The number of halogens is 1. The van der Waals surface area contributed by atoms with E-state index in [0.717, 1.165) is 10.4 Å². The second-order valence-corrected chi connectivity index (χ2v) is 10.2. The topological polar surface area (TPSA) is 146 Å². The number of aliphatic hydroxyl groups excluding tert-OH is 1. The maximum absolute atomic E-state index is 14.3. The maximum atomic E-state index is 14.3. The number of benzene rings is 1. The van der Waals surface area contributed by atoms with E-state index in [2.05, 4.69) is 10.2 Å². The van der Waals surface area contributed by atoms with Crippen LogP contribution in [0.2, 0.25) is 0 Å². The molecule has 1 saturated heterocycles. The van der Waals surface area contributed by atoms with Crippen molar-refractivity contribution in [3.8, 4) is 17.6 Å². The molecule has 10 nitrogen and oxygen atoms in total. The van der Waals surface area contributed by atoms with E-state index in [9.17, 15) is 23.0 Å². The average Bonchev–Trinajstić information content (AvgIpc) is 3.11. The molecule has 0 aliphatic carbocycles. The van der Waals surface area contributed by atoms with Gasteiger partial charge in [-0.1, -0.05) is 13.8 Å². The number of rotatable bonds is 8. The van der Waals surface area contributed by atoms with Crippen LogP contribution in [-0.2, 0) is 10.0 Å². The number of nitriles is 1. The Kier molecular flexibility index (Phi) is 7.18. The Bertz CT molecular complexity index is 1150. The van der Waals surface area contributed by atoms with Gasteiger partial charge >= 0.3 is 0 Å². The largest absolute Gasteiger partial charge is 0.489 e. The Morgan fingerprint density at radius 3 is 2.64 bits per heavy atom. The minimum Gasteiger partial charge on any atom is -0.489 e. The number of β-amino-alcohol motifs (C(OH)–C–C–N with tert-alkyl or cyclic N) is 1. The lowest BCUT2D eigenvalue weighted by molar-refractivity contribution is -0.0647. The summed E-state index contributed by atoms with van der Waals surface area (Å²) >= 11 is 0. The first kappa shape index (κ1) is 24.8. The zero-order valence-electron chi connectivity index (χ0n) is 18.4. The predicted molar refractivity (Wildman–Crippen MR) is 113 cm³/mol. The molecule has 1 aliphatic rings. The normalized spacial score (nSPS) is 21.2. The second-order valence-electron chi connectivity index (χ2n) is 8.27. The number of aryl methyl sites for hydroxylation is 1. The number of sulfonamides is 1. The third kappa shape index (κ3) is 5.22. The first-order chi connectivity index (χ1) is 15.5. The zero-order valence-corrected chi connectivity index (χ0v) is 19.2. The monoisotopic (exact) mass is 480 g/mol. The van der Waals surface area contributed by atoms with Crippen LogP contribution >= 0.6 is 0 Å². The Hall–Kier alpha value is -2.85. The Morgan fingerprint density at radius 1 is 1.33 bits per heavy atom. The molecule has 178 valence electrons. The highest BCUT2D eigenvalue weighted by Crippen LogP contribution is 2.36. The van der Waals surface area contributed by atoms with Crippen molar-refractivity contribution in [2.24, 2.45) is 5.92 Å². The number of hydrogen-bond acceptors (Lipinski definition) is 9.